The van der Waals surface area contributed by atoms with Gasteiger partial charge in [-0.1, -0.05) is 5.16 Å². The lowest BCUT2D eigenvalue weighted by atomic mass is 10.3. The van der Waals surface area contributed by atoms with Crippen LogP contribution in [-0.2, 0) is 16.1 Å². The fraction of sp³-hybridized carbons (Fsp3) is 0.462. The quantitative estimate of drug-likeness (QED) is 0.713. The minimum absolute atomic E-state index is 0.196. The first kappa shape index (κ1) is 14.3. The Morgan fingerprint density at radius 2 is 2.35 bits per heavy atom. The molecule has 2 rings (SSSR count). The molecule has 0 saturated carbocycles. The Labute approximate surface area is 116 Å². The second-order valence-corrected chi connectivity index (χ2v) is 4.41. The van der Waals surface area contributed by atoms with Crippen LogP contribution in [0.3, 0.4) is 0 Å². The van der Waals surface area contributed by atoms with Gasteiger partial charge in [0.15, 0.2) is 11.6 Å². The Hall–Kier alpha value is -2.15. The smallest absolute Gasteiger partial charge is 0.305 e. The summed E-state index contributed by atoms with van der Waals surface area (Å²) in [5, 5.41) is 3.89. The van der Waals surface area contributed by atoms with Crippen LogP contribution in [0.15, 0.2) is 27.3 Å². The lowest BCUT2D eigenvalue weighted by Crippen LogP contribution is -2.20. The van der Waals surface area contributed by atoms with Gasteiger partial charge in [0.05, 0.1) is 19.9 Å². The van der Waals surface area contributed by atoms with E-state index in [4.69, 9.17) is 8.94 Å². The van der Waals surface area contributed by atoms with Gasteiger partial charge in [-0.15, -0.1) is 0 Å². The summed E-state index contributed by atoms with van der Waals surface area (Å²) >= 11 is 0. The number of methoxy groups -OCH3 is 1. The third kappa shape index (κ3) is 3.92. The molecule has 0 N–H and O–H groups in total. The third-order valence-electron chi connectivity index (χ3n) is 2.76. The molecule has 7 nitrogen and oxygen atoms in total. The van der Waals surface area contributed by atoms with E-state index in [2.05, 4.69) is 14.9 Å². The molecule has 0 aliphatic carbocycles. The van der Waals surface area contributed by atoms with Crippen LogP contribution in [0.4, 0.5) is 0 Å². The molecule has 0 unspecified atom stereocenters. The zero-order valence-corrected chi connectivity index (χ0v) is 11.5. The summed E-state index contributed by atoms with van der Waals surface area (Å²) in [5.41, 5.74) is 0. The maximum atomic E-state index is 11.0. The number of ether oxygens (including phenoxy) is 1. The van der Waals surface area contributed by atoms with Crippen LogP contribution in [0.1, 0.15) is 18.7 Å². The van der Waals surface area contributed by atoms with Gasteiger partial charge in [-0.3, -0.25) is 9.69 Å². The van der Waals surface area contributed by atoms with Crippen molar-refractivity contribution in [3.63, 3.8) is 0 Å². The van der Waals surface area contributed by atoms with Crippen LogP contribution < -0.4 is 0 Å². The van der Waals surface area contributed by atoms with E-state index in [1.807, 2.05) is 11.9 Å². The second kappa shape index (κ2) is 6.85. The van der Waals surface area contributed by atoms with E-state index in [9.17, 15) is 4.79 Å². The Bertz CT molecular complexity index is 536. The molecule has 2 aromatic rings. The van der Waals surface area contributed by atoms with Gasteiger partial charge in [0.2, 0.25) is 0 Å². The summed E-state index contributed by atoms with van der Waals surface area (Å²) in [6.07, 6.45) is 2.69. The number of carbonyl (C=O) groups excluding carboxylic acids is 1. The number of carbonyl (C=O) groups is 1. The van der Waals surface area contributed by atoms with Crippen molar-refractivity contribution in [2.24, 2.45) is 0 Å². The average molecular weight is 279 g/mol. The fourth-order valence-corrected chi connectivity index (χ4v) is 1.73. The maximum absolute atomic E-state index is 11.0. The third-order valence-corrected chi connectivity index (χ3v) is 2.76. The molecule has 0 aliphatic heterocycles. The minimum Gasteiger partial charge on any atom is -0.469 e. The Balaban J connectivity index is 1.80. The van der Waals surface area contributed by atoms with Gasteiger partial charge < -0.3 is 13.7 Å². The van der Waals surface area contributed by atoms with Crippen molar-refractivity contribution in [2.75, 3.05) is 20.7 Å². The van der Waals surface area contributed by atoms with E-state index in [1.54, 1.807) is 18.4 Å². The van der Waals surface area contributed by atoms with Gasteiger partial charge in [-0.05, 0) is 32.1 Å². The highest BCUT2D eigenvalue weighted by atomic mass is 16.5. The number of furan rings is 1. The number of rotatable bonds is 7. The summed E-state index contributed by atoms with van der Waals surface area (Å²) in [4.78, 5) is 17.3. The van der Waals surface area contributed by atoms with Crippen molar-refractivity contribution in [1.29, 1.82) is 0 Å². The number of hydrogen-bond donors (Lipinski definition) is 0. The number of aromatic nitrogens is 2. The van der Waals surface area contributed by atoms with Crippen LogP contribution >= 0.6 is 0 Å². The van der Waals surface area contributed by atoms with E-state index < -0.39 is 0 Å². The van der Waals surface area contributed by atoms with E-state index >= 15 is 0 Å². The van der Waals surface area contributed by atoms with E-state index in [1.165, 1.54) is 7.11 Å². The van der Waals surface area contributed by atoms with Gasteiger partial charge in [0.25, 0.3) is 5.89 Å². The highest BCUT2D eigenvalue weighted by Crippen LogP contribution is 2.17. The summed E-state index contributed by atoms with van der Waals surface area (Å²) in [5.74, 6) is 1.31. The van der Waals surface area contributed by atoms with Crippen LogP contribution in [0.5, 0.6) is 0 Å². The van der Waals surface area contributed by atoms with Gasteiger partial charge in [-0.25, -0.2) is 0 Å². The van der Waals surface area contributed by atoms with Gasteiger partial charge >= 0.3 is 5.97 Å². The van der Waals surface area contributed by atoms with Crippen LogP contribution in [0, 0.1) is 0 Å². The van der Waals surface area contributed by atoms with Crippen molar-refractivity contribution in [3.8, 4) is 11.7 Å². The molecule has 0 saturated heterocycles. The van der Waals surface area contributed by atoms with Crippen LogP contribution in [-0.4, -0.2) is 41.7 Å². The Kier molecular flexibility index (Phi) is 4.89. The molecule has 0 radical (unpaired) electrons. The van der Waals surface area contributed by atoms with Gasteiger partial charge in [-0.2, -0.15) is 4.98 Å². The largest absolute Gasteiger partial charge is 0.469 e. The van der Waals surface area contributed by atoms with Gasteiger partial charge in [0.1, 0.15) is 0 Å². The molecule has 2 aromatic heterocycles. The van der Waals surface area contributed by atoms with E-state index in [0.717, 1.165) is 13.0 Å². The summed E-state index contributed by atoms with van der Waals surface area (Å²) in [6.45, 7) is 1.30. The summed E-state index contributed by atoms with van der Waals surface area (Å²) in [6, 6.07) is 3.52. The highest BCUT2D eigenvalue weighted by Gasteiger charge is 2.12. The second-order valence-electron chi connectivity index (χ2n) is 4.41. The topological polar surface area (TPSA) is 81.6 Å². The van der Waals surface area contributed by atoms with Gasteiger partial charge in [0, 0.05) is 6.42 Å². The zero-order chi connectivity index (χ0) is 14.4. The molecule has 108 valence electrons. The first-order valence-electron chi connectivity index (χ1n) is 6.31. The van der Waals surface area contributed by atoms with Crippen molar-refractivity contribution in [1.82, 2.24) is 15.0 Å². The molecule has 0 spiro atoms. The fourth-order valence-electron chi connectivity index (χ4n) is 1.73. The van der Waals surface area contributed by atoms with Crippen molar-refractivity contribution >= 4 is 5.97 Å². The molecular weight excluding hydrogens is 262 g/mol. The van der Waals surface area contributed by atoms with E-state index in [0.29, 0.717) is 30.4 Å². The summed E-state index contributed by atoms with van der Waals surface area (Å²) < 4.78 is 14.9. The first-order chi connectivity index (χ1) is 9.69. The number of nitrogens with zero attached hydrogens (tertiary/aromatic N) is 3. The highest BCUT2D eigenvalue weighted by molar-refractivity contribution is 5.69. The molecule has 0 atom stereocenters. The molecule has 0 fully saturated rings. The molecule has 0 amide bonds. The normalized spacial score (nSPS) is 10.9. The predicted molar refractivity (Wildman–Crippen MR) is 69.6 cm³/mol. The Morgan fingerprint density at radius 3 is 3.05 bits per heavy atom. The Morgan fingerprint density at radius 1 is 1.50 bits per heavy atom. The average Bonchev–Trinajstić information content (AvgIpc) is 3.08. The van der Waals surface area contributed by atoms with Crippen molar-refractivity contribution in [2.45, 2.75) is 19.4 Å². The SMILES string of the molecule is COC(=O)CCCN(C)Cc1noc(-c2ccco2)n1. The molecule has 7 heteroatoms. The van der Waals surface area contributed by atoms with Crippen molar-refractivity contribution < 1.29 is 18.5 Å². The molecular formula is C13H17N3O4. The lowest BCUT2D eigenvalue weighted by Gasteiger charge is -2.13. The zero-order valence-electron chi connectivity index (χ0n) is 11.5. The number of esters is 1. The van der Waals surface area contributed by atoms with Crippen LogP contribution in [0.25, 0.3) is 11.7 Å². The first-order valence-corrected chi connectivity index (χ1v) is 6.31. The lowest BCUT2D eigenvalue weighted by molar-refractivity contribution is -0.140. The van der Waals surface area contributed by atoms with Crippen molar-refractivity contribution in [3.05, 3.63) is 24.2 Å². The molecule has 0 aromatic carbocycles. The monoisotopic (exact) mass is 279 g/mol. The van der Waals surface area contributed by atoms with E-state index in [-0.39, 0.29) is 5.97 Å². The van der Waals surface area contributed by atoms with Crippen LogP contribution in [0.2, 0.25) is 0 Å². The molecule has 0 bridgehead atoms. The molecule has 2 heterocycles. The standard InChI is InChI=1S/C13H17N3O4/c1-16(7-3-6-12(17)18-2)9-11-14-13(20-15-11)10-5-4-8-19-10/h4-5,8H,3,6-7,9H2,1-2H3. The molecule has 20 heavy (non-hydrogen) atoms. The summed E-state index contributed by atoms with van der Waals surface area (Å²) in [7, 11) is 3.32. The minimum atomic E-state index is -0.196. The predicted octanol–water partition coefficient (Wildman–Crippen LogP) is 1.71. The number of hydrogen-bond acceptors (Lipinski definition) is 7. The maximum Gasteiger partial charge on any atom is 0.305 e. The molecule has 0 aliphatic rings.